The number of ether oxygens (including phenoxy) is 1. The van der Waals surface area contributed by atoms with Crippen LogP contribution in [0.15, 0.2) is 42.5 Å². The monoisotopic (exact) mass is 328 g/mol. The molecular weight excluding hydrogens is 304 g/mol. The van der Waals surface area contributed by atoms with Crippen molar-refractivity contribution in [2.24, 2.45) is 5.73 Å². The summed E-state index contributed by atoms with van der Waals surface area (Å²) >= 11 is 0. The maximum atomic E-state index is 11.0. The second-order valence-electron chi connectivity index (χ2n) is 7.11. The van der Waals surface area contributed by atoms with E-state index in [2.05, 4.69) is 20.8 Å². The third-order valence-corrected chi connectivity index (χ3v) is 3.74. The summed E-state index contributed by atoms with van der Waals surface area (Å²) in [6, 6.07) is 12.4. The van der Waals surface area contributed by atoms with Crippen LogP contribution in [-0.4, -0.2) is 11.0 Å². The molecule has 128 valence electrons. The number of hydrogen-bond donors (Lipinski definition) is 1. The molecule has 0 amide bonds. The lowest BCUT2D eigenvalue weighted by molar-refractivity contribution is -0.384. The number of nitrogens with zero attached hydrogens (tertiary/aromatic N) is 1. The highest BCUT2D eigenvalue weighted by Crippen LogP contribution is 2.31. The highest BCUT2D eigenvalue weighted by atomic mass is 16.6. The van der Waals surface area contributed by atoms with Gasteiger partial charge in [0.15, 0.2) is 0 Å². The van der Waals surface area contributed by atoms with Gasteiger partial charge in [0, 0.05) is 23.7 Å². The quantitative estimate of drug-likeness (QED) is 0.644. The Bertz CT molecular complexity index is 716. The first-order valence-electron chi connectivity index (χ1n) is 7.98. The van der Waals surface area contributed by atoms with Crippen LogP contribution in [0.4, 0.5) is 5.69 Å². The largest absolute Gasteiger partial charge is 0.457 e. The molecule has 0 bridgehead atoms. The Morgan fingerprint density at radius 3 is 2.29 bits per heavy atom. The van der Waals surface area contributed by atoms with Crippen LogP contribution in [0.5, 0.6) is 11.5 Å². The average molecular weight is 328 g/mol. The molecule has 24 heavy (non-hydrogen) atoms. The molecule has 0 saturated carbocycles. The number of nitrogens with two attached hydrogens (primary N) is 1. The molecule has 2 rings (SSSR count). The van der Waals surface area contributed by atoms with Crippen molar-refractivity contribution >= 4 is 5.69 Å². The number of rotatable bonds is 5. The van der Waals surface area contributed by atoms with Gasteiger partial charge in [0.05, 0.1) is 4.92 Å². The summed E-state index contributed by atoms with van der Waals surface area (Å²) in [5.41, 5.74) is 7.93. The minimum absolute atomic E-state index is 0.0427. The highest BCUT2D eigenvalue weighted by molar-refractivity contribution is 5.46. The standard InChI is InChI=1S/C19H24N2O3/c1-13(20)11-14-12-16(21(22)23)7-10-18(14)24-17-8-5-15(6-9-17)19(2,3)4/h5-10,12-13H,11,20H2,1-4H3. The van der Waals surface area contributed by atoms with E-state index in [-0.39, 0.29) is 17.1 Å². The van der Waals surface area contributed by atoms with E-state index < -0.39 is 4.92 Å². The molecule has 5 nitrogen and oxygen atoms in total. The fraction of sp³-hybridized carbons (Fsp3) is 0.368. The van der Waals surface area contributed by atoms with Gasteiger partial charge in [-0.1, -0.05) is 32.9 Å². The van der Waals surface area contributed by atoms with E-state index >= 15 is 0 Å². The average Bonchev–Trinajstić information content (AvgIpc) is 2.48. The topological polar surface area (TPSA) is 78.4 Å². The molecule has 0 radical (unpaired) electrons. The minimum atomic E-state index is -0.410. The van der Waals surface area contributed by atoms with Gasteiger partial charge in [-0.05, 0) is 42.5 Å². The van der Waals surface area contributed by atoms with Crippen molar-refractivity contribution < 1.29 is 9.66 Å². The number of hydrogen-bond acceptors (Lipinski definition) is 4. The Labute approximate surface area is 142 Å². The van der Waals surface area contributed by atoms with Crippen LogP contribution in [0, 0.1) is 10.1 Å². The molecule has 2 N–H and O–H groups in total. The second-order valence-corrected chi connectivity index (χ2v) is 7.11. The SMILES string of the molecule is CC(N)Cc1cc([N+](=O)[O-])ccc1Oc1ccc(C(C)(C)C)cc1. The number of nitro groups is 1. The van der Waals surface area contributed by atoms with E-state index in [0.29, 0.717) is 17.9 Å². The fourth-order valence-corrected chi connectivity index (χ4v) is 2.44. The van der Waals surface area contributed by atoms with Crippen LogP contribution < -0.4 is 10.5 Å². The molecular formula is C19H24N2O3. The number of non-ortho nitro benzene ring substituents is 1. The molecule has 1 unspecified atom stereocenters. The van der Waals surface area contributed by atoms with Crippen LogP contribution in [-0.2, 0) is 11.8 Å². The van der Waals surface area contributed by atoms with Crippen molar-refractivity contribution in [2.75, 3.05) is 0 Å². The Balaban J connectivity index is 2.29. The lowest BCUT2D eigenvalue weighted by Crippen LogP contribution is -2.18. The molecule has 0 heterocycles. The van der Waals surface area contributed by atoms with E-state index in [1.165, 1.54) is 17.7 Å². The van der Waals surface area contributed by atoms with E-state index in [9.17, 15) is 10.1 Å². The van der Waals surface area contributed by atoms with E-state index in [1.54, 1.807) is 6.07 Å². The summed E-state index contributed by atoms with van der Waals surface area (Å²) in [5.74, 6) is 1.30. The summed E-state index contributed by atoms with van der Waals surface area (Å²) in [7, 11) is 0. The van der Waals surface area contributed by atoms with Crippen LogP contribution in [0.1, 0.15) is 38.8 Å². The lowest BCUT2D eigenvalue weighted by Gasteiger charge is -2.19. The zero-order chi connectivity index (χ0) is 17.9. The van der Waals surface area contributed by atoms with Crippen molar-refractivity contribution in [1.82, 2.24) is 0 Å². The van der Waals surface area contributed by atoms with Gasteiger partial charge in [-0.2, -0.15) is 0 Å². The third-order valence-electron chi connectivity index (χ3n) is 3.74. The van der Waals surface area contributed by atoms with Crippen molar-refractivity contribution in [3.8, 4) is 11.5 Å². The number of benzene rings is 2. The maximum Gasteiger partial charge on any atom is 0.269 e. The first-order chi connectivity index (χ1) is 11.2. The van der Waals surface area contributed by atoms with Gasteiger partial charge in [0.2, 0.25) is 0 Å². The summed E-state index contributed by atoms with van der Waals surface area (Å²) in [6.07, 6.45) is 0.511. The molecule has 0 spiro atoms. The predicted molar refractivity (Wildman–Crippen MR) is 95.7 cm³/mol. The van der Waals surface area contributed by atoms with Gasteiger partial charge in [-0.15, -0.1) is 0 Å². The van der Waals surface area contributed by atoms with Crippen LogP contribution >= 0.6 is 0 Å². The molecule has 0 aliphatic carbocycles. The van der Waals surface area contributed by atoms with Gasteiger partial charge in [0.1, 0.15) is 11.5 Å². The predicted octanol–water partition coefficient (Wildman–Crippen LogP) is 4.57. The van der Waals surface area contributed by atoms with Gasteiger partial charge in [-0.3, -0.25) is 10.1 Å². The second kappa shape index (κ2) is 7.01. The summed E-state index contributed by atoms with van der Waals surface area (Å²) < 4.78 is 5.93. The molecule has 5 heteroatoms. The summed E-state index contributed by atoms with van der Waals surface area (Å²) in [6.45, 7) is 8.32. The maximum absolute atomic E-state index is 11.0. The molecule has 0 aliphatic heterocycles. The van der Waals surface area contributed by atoms with E-state index in [4.69, 9.17) is 10.5 Å². The number of nitro benzene ring substituents is 1. The molecule has 0 saturated heterocycles. The summed E-state index contributed by atoms with van der Waals surface area (Å²) in [4.78, 5) is 10.6. The van der Waals surface area contributed by atoms with Crippen LogP contribution in [0.3, 0.4) is 0 Å². The van der Waals surface area contributed by atoms with Gasteiger partial charge in [0.25, 0.3) is 5.69 Å². The molecule has 1 atom stereocenters. The first-order valence-corrected chi connectivity index (χ1v) is 7.98. The molecule has 2 aromatic rings. The Hall–Kier alpha value is -2.40. The zero-order valence-electron chi connectivity index (χ0n) is 14.6. The molecule has 0 fully saturated rings. The van der Waals surface area contributed by atoms with Crippen molar-refractivity contribution in [1.29, 1.82) is 0 Å². The lowest BCUT2D eigenvalue weighted by atomic mass is 9.87. The normalized spacial score (nSPS) is 12.7. The Morgan fingerprint density at radius 2 is 1.79 bits per heavy atom. The molecule has 0 aliphatic rings. The minimum Gasteiger partial charge on any atom is -0.457 e. The van der Waals surface area contributed by atoms with Gasteiger partial charge < -0.3 is 10.5 Å². The van der Waals surface area contributed by atoms with Crippen molar-refractivity contribution in [2.45, 2.75) is 45.6 Å². The van der Waals surface area contributed by atoms with E-state index in [1.807, 2.05) is 31.2 Å². The van der Waals surface area contributed by atoms with Crippen LogP contribution in [0.2, 0.25) is 0 Å². The molecule has 2 aromatic carbocycles. The van der Waals surface area contributed by atoms with Gasteiger partial charge >= 0.3 is 0 Å². The first kappa shape index (κ1) is 17.9. The Morgan fingerprint density at radius 1 is 1.17 bits per heavy atom. The summed E-state index contributed by atoms with van der Waals surface area (Å²) in [5, 5.41) is 11.0. The smallest absolute Gasteiger partial charge is 0.269 e. The van der Waals surface area contributed by atoms with Crippen molar-refractivity contribution in [3.05, 3.63) is 63.7 Å². The van der Waals surface area contributed by atoms with E-state index in [0.717, 1.165) is 5.56 Å². The highest BCUT2D eigenvalue weighted by Gasteiger charge is 2.15. The van der Waals surface area contributed by atoms with Gasteiger partial charge in [-0.25, -0.2) is 0 Å². The Kier molecular flexibility index (Phi) is 5.24. The van der Waals surface area contributed by atoms with Crippen molar-refractivity contribution in [3.63, 3.8) is 0 Å². The third kappa shape index (κ3) is 4.55. The van der Waals surface area contributed by atoms with Crippen LogP contribution in [0.25, 0.3) is 0 Å². The zero-order valence-corrected chi connectivity index (χ0v) is 14.6. The fourth-order valence-electron chi connectivity index (χ4n) is 2.44. The molecule has 0 aromatic heterocycles.